The second-order valence-corrected chi connectivity index (χ2v) is 12.5. The Morgan fingerprint density at radius 1 is 1.13 bits per heavy atom. The van der Waals surface area contributed by atoms with Gasteiger partial charge in [0.2, 0.25) is 10.0 Å². The number of hydrogen-bond donors (Lipinski definition) is 1. The summed E-state index contributed by atoms with van der Waals surface area (Å²) in [6, 6.07) is 3.89. The van der Waals surface area contributed by atoms with Crippen molar-refractivity contribution in [2.24, 2.45) is 11.8 Å². The molecule has 2 aliphatic rings. The van der Waals surface area contributed by atoms with Crippen molar-refractivity contribution >= 4 is 21.6 Å². The highest BCUT2D eigenvalue weighted by molar-refractivity contribution is 7.92. The minimum absolute atomic E-state index is 0.0254. The first kappa shape index (κ1) is 30.5. The van der Waals surface area contributed by atoms with Crippen LogP contribution in [0, 0.1) is 11.8 Å². The van der Waals surface area contributed by atoms with Gasteiger partial charge in [0.1, 0.15) is 12.4 Å². The van der Waals surface area contributed by atoms with E-state index in [1.807, 2.05) is 11.6 Å². The minimum Gasteiger partial charge on any atom is -0.491 e. The molecule has 1 amide bonds. The molecule has 1 aliphatic carbocycles. The molecular formula is C26H40F3N3O5S. The SMILES string of the molecule is CO[C@H]1CN(C)C(=O)c2ccc(NS(=O)(=O)CC(F)(F)F)cc2OC[C@H](C)N(CC2CCCCC2)C[C@H]1C. The molecule has 0 spiro atoms. The zero-order valence-electron chi connectivity index (χ0n) is 22.6. The van der Waals surface area contributed by atoms with Gasteiger partial charge < -0.3 is 14.4 Å². The van der Waals surface area contributed by atoms with Crippen molar-refractivity contribution in [3.05, 3.63) is 23.8 Å². The Kier molecular flexibility index (Phi) is 10.3. The Morgan fingerprint density at radius 3 is 2.45 bits per heavy atom. The van der Waals surface area contributed by atoms with E-state index < -0.39 is 22.0 Å². The first-order chi connectivity index (χ1) is 17.8. The molecule has 0 radical (unpaired) electrons. The maximum absolute atomic E-state index is 13.3. The highest BCUT2D eigenvalue weighted by atomic mass is 32.2. The van der Waals surface area contributed by atoms with E-state index >= 15 is 0 Å². The Morgan fingerprint density at radius 2 is 1.82 bits per heavy atom. The van der Waals surface area contributed by atoms with E-state index in [1.165, 1.54) is 55.2 Å². The minimum atomic E-state index is -4.89. The molecule has 0 aromatic heterocycles. The van der Waals surface area contributed by atoms with Gasteiger partial charge in [-0.1, -0.05) is 26.2 Å². The highest BCUT2D eigenvalue weighted by Crippen LogP contribution is 2.30. The van der Waals surface area contributed by atoms with Crippen molar-refractivity contribution in [2.75, 3.05) is 50.9 Å². The van der Waals surface area contributed by atoms with Crippen LogP contribution in [-0.2, 0) is 14.8 Å². The average molecular weight is 564 g/mol. The molecule has 1 aromatic rings. The predicted molar refractivity (Wildman–Crippen MR) is 140 cm³/mol. The molecule has 3 atom stereocenters. The van der Waals surface area contributed by atoms with Gasteiger partial charge in [0, 0.05) is 45.9 Å². The summed E-state index contributed by atoms with van der Waals surface area (Å²) >= 11 is 0. The number of halogens is 3. The van der Waals surface area contributed by atoms with Crippen LogP contribution in [0.4, 0.5) is 18.9 Å². The van der Waals surface area contributed by atoms with E-state index in [2.05, 4.69) is 11.8 Å². The van der Waals surface area contributed by atoms with E-state index in [1.54, 1.807) is 14.2 Å². The van der Waals surface area contributed by atoms with Crippen LogP contribution in [0.15, 0.2) is 18.2 Å². The molecule has 1 heterocycles. The first-order valence-corrected chi connectivity index (χ1v) is 14.8. The summed E-state index contributed by atoms with van der Waals surface area (Å²) < 4.78 is 76.0. The molecule has 1 N–H and O–H groups in total. The zero-order valence-corrected chi connectivity index (χ0v) is 23.4. The van der Waals surface area contributed by atoms with Crippen molar-refractivity contribution in [3.63, 3.8) is 0 Å². The lowest BCUT2D eigenvalue weighted by atomic mass is 9.88. The number of anilines is 1. The van der Waals surface area contributed by atoms with Crippen LogP contribution >= 0.6 is 0 Å². The zero-order chi connectivity index (χ0) is 28.1. The van der Waals surface area contributed by atoms with Crippen LogP contribution in [-0.4, -0.2) is 88.6 Å². The predicted octanol–water partition coefficient (Wildman–Crippen LogP) is 4.38. The third-order valence-electron chi connectivity index (χ3n) is 7.42. The monoisotopic (exact) mass is 563 g/mol. The molecule has 1 fully saturated rings. The highest BCUT2D eigenvalue weighted by Gasteiger charge is 2.35. The van der Waals surface area contributed by atoms with Gasteiger partial charge in [0.25, 0.3) is 5.91 Å². The second kappa shape index (κ2) is 12.9. The van der Waals surface area contributed by atoms with Gasteiger partial charge in [-0.3, -0.25) is 14.4 Å². The number of ether oxygens (including phenoxy) is 2. The van der Waals surface area contributed by atoms with E-state index in [0.717, 1.165) is 13.1 Å². The third-order valence-corrected chi connectivity index (χ3v) is 8.67. The fraction of sp³-hybridized carbons (Fsp3) is 0.731. The van der Waals surface area contributed by atoms with Gasteiger partial charge >= 0.3 is 6.18 Å². The summed E-state index contributed by atoms with van der Waals surface area (Å²) in [6.45, 7) is 6.40. The molecule has 8 nitrogen and oxygen atoms in total. The number of carbonyl (C=O) groups excluding carboxylic acids is 1. The number of hydrogen-bond acceptors (Lipinski definition) is 6. The number of likely N-dealkylation sites (N-methyl/N-ethyl adjacent to an activating group) is 1. The van der Waals surface area contributed by atoms with Crippen LogP contribution in [0.3, 0.4) is 0 Å². The van der Waals surface area contributed by atoms with Crippen molar-refractivity contribution in [3.8, 4) is 5.75 Å². The average Bonchev–Trinajstić information content (AvgIpc) is 2.83. The number of sulfonamides is 1. The standard InChI is InChI=1S/C26H40F3N3O5S/c1-18-13-32(14-20-8-6-5-7-9-20)19(2)16-37-23-12-21(30-38(34,35)17-26(27,28)29)10-11-22(23)25(33)31(3)15-24(18)36-4/h10-12,18-20,24,30H,5-9,13-17H2,1-4H3/t18-,19+,24+/m1/s1. The number of alkyl halides is 3. The van der Waals surface area contributed by atoms with Crippen molar-refractivity contribution in [1.29, 1.82) is 0 Å². The molecule has 38 heavy (non-hydrogen) atoms. The summed E-state index contributed by atoms with van der Waals surface area (Å²) in [7, 11) is -1.40. The van der Waals surface area contributed by atoms with Gasteiger partial charge in [-0.25, -0.2) is 8.42 Å². The quantitative estimate of drug-likeness (QED) is 0.553. The summed E-state index contributed by atoms with van der Waals surface area (Å²) in [6.07, 6.45) is 1.01. The van der Waals surface area contributed by atoms with Gasteiger partial charge in [-0.05, 0) is 43.7 Å². The molecule has 0 unspecified atom stereocenters. The molecule has 216 valence electrons. The Hall–Kier alpha value is -2.05. The molecular weight excluding hydrogens is 523 g/mol. The first-order valence-electron chi connectivity index (χ1n) is 13.1. The number of carbonyl (C=O) groups is 1. The topological polar surface area (TPSA) is 88.2 Å². The van der Waals surface area contributed by atoms with E-state index in [4.69, 9.17) is 9.47 Å². The lowest BCUT2D eigenvalue weighted by Gasteiger charge is -2.38. The van der Waals surface area contributed by atoms with Crippen LogP contribution in [0.2, 0.25) is 0 Å². The Labute approximate surface area is 223 Å². The van der Waals surface area contributed by atoms with Gasteiger partial charge in [0.15, 0.2) is 5.75 Å². The number of rotatable bonds is 6. The van der Waals surface area contributed by atoms with Gasteiger partial charge in [-0.15, -0.1) is 0 Å². The van der Waals surface area contributed by atoms with Crippen molar-refractivity contribution < 1.29 is 35.9 Å². The number of benzene rings is 1. The lowest BCUT2D eigenvalue weighted by molar-refractivity contribution is -0.106. The molecule has 1 aromatic carbocycles. The number of amides is 1. The van der Waals surface area contributed by atoms with Crippen molar-refractivity contribution in [1.82, 2.24) is 9.80 Å². The number of nitrogens with zero attached hydrogens (tertiary/aromatic N) is 2. The fourth-order valence-corrected chi connectivity index (χ4v) is 6.29. The Bertz CT molecular complexity index is 1050. The van der Waals surface area contributed by atoms with Crippen LogP contribution < -0.4 is 9.46 Å². The number of methoxy groups -OCH3 is 1. The van der Waals surface area contributed by atoms with Crippen LogP contribution in [0.25, 0.3) is 0 Å². The normalized spacial score (nSPS) is 25.2. The van der Waals surface area contributed by atoms with E-state index in [-0.39, 0.29) is 47.6 Å². The number of nitrogens with one attached hydrogen (secondary N) is 1. The van der Waals surface area contributed by atoms with E-state index in [9.17, 15) is 26.4 Å². The molecule has 0 bridgehead atoms. The van der Waals surface area contributed by atoms with Crippen molar-refractivity contribution in [2.45, 2.75) is 64.3 Å². The largest absolute Gasteiger partial charge is 0.491 e. The summed E-state index contributed by atoms with van der Waals surface area (Å²) in [5.74, 6) is -1.51. The fourth-order valence-electron chi connectivity index (χ4n) is 5.30. The summed E-state index contributed by atoms with van der Waals surface area (Å²) in [5, 5.41) is 0. The van der Waals surface area contributed by atoms with E-state index in [0.29, 0.717) is 12.5 Å². The van der Waals surface area contributed by atoms with Gasteiger partial charge in [0.05, 0.1) is 17.4 Å². The summed E-state index contributed by atoms with van der Waals surface area (Å²) in [4.78, 5) is 17.2. The molecule has 12 heteroatoms. The number of fused-ring (bicyclic) bond motifs is 1. The third kappa shape index (κ3) is 8.74. The Balaban J connectivity index is 1.90. The molecule has 0 saturated heterocycles. The molecule has 3 rings (SSSR count). The maximum Gasteiger partial charge on any atom is 0.404 e. The van der Waals surface area contributed by atoms with Gasteiger partial charge in [-0.2, -0.15) is 13.2 Å². The maximum atomic E-state index is 13.3. The molecule has 1 aliphatic heterocycles. The molecule has 1 saturated carbocycles. The van der Waals surface area contributed by atoms with Crippen LogP contribution in [0.1, 0.15) is 56.3 Å². The second-order valence-electron chi connectivity index (χ2n) is 10.7. The smallest absolute Gasteiger partial charge is 0.404 e. The lowest BCUT2D eigenvalue weighted by Crippen LogP contribution is -2.48. The summed E-state index contributed by atoms with van der Waals surface area (Å²) in [5.41, 5.74) is 0.0889. The van der Waals surface area contributed by atoms with Crippen LogP contribution in [0.5, 0.6) is 5.75 Å².